The van der Waals surface area contributed by atoms with Gasteiger partial charge in [0.1, 0.15) is 0 Å². The first kappa shape index (κ1) is 25.0. The smallest absolute Gasteiger partial charge is 0.0888 e. The molecule has 0 atom stereocenters. The van der Waals surface area contributed by atoms with Crippen LogP contribution in [0.5, 0.6) is 0 Å². The summed E-state index contributed by atoms with van der Waals surface area (Å²) in [6, 6.07) is 29.8. The minimum atomic E-state index is 0.951. The second-order valence-corrected chi connectivity index (χ2v) is 7.07. The van der Waals surface area contributed by atoms with Crippen LogP contribution < -0.4 is 0 Å². The molecule has 0 N–H and O–H groups in total. The number of hydrogen-bond donors (Lipinski definition) is 0. The lowest BCUT2D eigenvalue weighted by Crippen LogP contribution is -1.96. The Kier molecular flexibility index (Phi) is 11.5. The van der Waals surface area contributed by atoms with Gasteiger partial charge in [0, 0.05) is 12.4 Å². The van der Waals surface area contributed by atoms with Crippen molar-refractivity contribution in [2.45, 2.75) is 53.4 Å². The lowest BCUT2D eigenvalue weighted by Gasteiger charge is -2.07. The number of rotatable bonds is 7. The summed E-state index contributed by atoms with van der Waals surface area (Å²) in [7, 11) is 0. The molecule has 0 aliphatic rings. The first-order valence-electron chi connectivity index (χ1n) is 11.8. The van der Waals surface area contributed by atoms with Crippen molar-refractivity contribution < 1.29 is 0 Å². The fourth-order valence-electron chi connectivity index (χ4n) is 3.41. The number of nitrogens with zero attached hydrogens (tertiary/aromatic N) is 2. The van der Waals surface area contributed by atoms with Gasteiger partial charge in [-0.3, -0.25) is 9.97 Å². The Morgan fingerprint density at radius 3 is 1.16 bits per heavy atom. The highest BCUT2D eigenvalue weighted by Crippen LogP contribution is 2.19. The van der Waals surface area contributed by atoms with Crippen molar-refractivity contribution in [2.75, 3.05) is 0 Å². The van der Waals surface area contributed by atoms with Gasteiger partial charge in [-0.15, -0.1) is 0 Å². The van der Waals surface area contributed by atoms with Gasteiger partial charge in [0.15, 0.2) is 0 Å². The first-order chi connectivity index (χ1) is 15.9. The largest absolute Gasteiger partial charge is 0.255 e. The van der Waals surface area contributed by atoms with Gasteiger partial charge in [0.05, 0.1) is 11.4 Å². The Hall–Kier alpha value is -3.26. The van der Waals surface area contributed by atoms with E-state index in [4.69, 9.17) is 0 Å². The van der Waals surface area contributed by atoms with Gasteiger partial charge in [0.2, 0.25) is 0 Å². The molecular formula is C30H36N2. The van der Waals surface area contributed by atoms with E-state index in [-0.39, 0.29) is 0 Å². The minimum Gasteiger partial charge on any atom is -0.255 e. The van der Waals surface area contributed by atoms with Gasteiger partial charge in [-0.1, -0.05) is 88.4 Å². The molecule has 32 heavy (non-hydrogen) atoms. The lowest BCUT2D eigenvalue weighted by molar-refractivity contribution is 0.951. The molecule has 166 valence electrons. The van der Waals surface area contributed by atoms with E-state index in [0.717, 1.165) is 37.1 Å². The number of pyridine rings is 2. The molecule has 0 aliphatic heterocycles. The summed E-state index contributed by atoms with van der Waals surface area (Å²) < 4.78 is 0. The fourth-order valence-corrected chi connectivity index (χ4v) is 3.41. The molecule has 2 nitrogen and oxygen atoms in total. The van der Waals surface area contributed by atoms with Gasteiger partial charge in [0.25, 0.3) is 0 Å². The maximum atomic E-state index is 4.56. The van der Waals surface area contributed by atoms with Crippen LogP contribution in [0.2, 0.25) is 0 Å². The third kappa shape index (κ3) is 8.11. The quantitative estimate of drug-likeness (QED) is 0.303. The molecule has 0 amide bonds. The molecule has 2 aromatic heterocycles. The molecule has 4 aromatic rings. The van der Waals surface area contributed by atoms with Crippen LogP contribution >= 0.6 is 0 Å². The van der Waals surface area contributed by atoms with E-state index in [0.29, 0.717) is 0 Å². The topological polar surface area (TPSA) is 25.8 Å². The molecular weight excluding hydrogens is 388 g/mol. The van der Waals surface area contributed by atoms with Crippen molar-refractivity contribution >= 4 is 0 Å². The lowest BCUT2D eigenvalue weighted by atomic mass is 10.0. The van der Waals surface area contributed by atoms with Crippen LogP contribution in [-0.2, 0) is 25.7 Å². The number of hydrogen-bond acceptors (Lipinski definition) is 2. The van der Waals surface area contributed by atoms with Gasteiger partial charge >= 0.3 is 0 Å². The van der Waals surface area contributed by atoms with Crippen LogP contribution in [0, 0.1) is 0 Å². The average Bonchev–Trinajstić information content (AvgIpc) is 2.90. The molecule has 2 aromatic carbocycles. The molecule has 2 heterocycles. The highest BCUT2D eigenvalue weighted by Gasteiger charge is 2.05. The van der Waals surface area contributed by atoms with E-state index in [1.807, 2.05) is 40.1 Å². The van der Waals surface area contributed by atoms with E-state index < -0.39 is 0 Å². The zero-order valence-corrected chi connectivity index (χ0v) is 20.0. The maximum absolute atomic E-state index is 4.56. The molecule has 0 unspecified atom stereocenters. The summed E-state index contributed by atoms with van der Waals surface area (Å²) in [5, 5.41) is 0. The van der Waals surface area contributed by atoms with E-state index in [1.54, 1.807) is 0 Å². The van der Waals surface area contributed by atoms with Gasteiger partial charge < -0.3 is 0 Å². The molecule has 0 spiro atoms. The Morgan fingerprint density at radius 2 is 0.781 bits per heavy atom. The molecule has 0 bridgehead atoms. The van der Waals surface area contributed by atoms with Crippen LogP contribution in [0.4, 0.5) is 0 Å². The van der Waals surface area contributed by atoms with Gasteiger partial charge in [-0.05, 0) is 72.2 Å². The number of aryl methyl sites for hydroxylation is 4. The van der Waals surface area contributed by atoms with Crippen LogP contribution in [0.25, 0.3) is 11.4 Å². The van der Waals surface area contributed by atoms with Crippen molar-refractivity contribution in [1.29, 1.82) is 0 Å². The van der Waals surface area contributed by atoms with Crippen LogP contribution in [0.3, 0.4) is 0 Å². The number of aromatic nitrogens is 2. The number of benzene rings is 2. The summed E-state index contributed by atoms with van der Waals surface area (Å²) in [6.45, 7) is 8.00. The standard InChI is InChI=1S/C26H24N2.2C2H6/c1-3-7-21(8-4-1)11-13-23-15-17-27-25(19-23)26-20-24(16-18-28-26)14-12-22-9-5-2-6-10-22;2*1-2/h1-10,15-20H,11-14H2;2*1-2H3. The van der Waals surface area contributed by atoms with E-state index in [1.165, 1.54) is 22.3 Å². The van der Waals surface area contributed by atoms with Gasteiger partial charge in [-0.25, -0.2) is 0 Å². The van der Waals surface area contributed by atoms with Crippen molar-refractivity contribution in [3.8, 4) is 11.4 Å². The van der Waals surface area contributed by atoms with E-state index >= 15 is 0 Å². The second kappa shape index (κ2) is 14.7. The monoisotopic (exact) mass is 424 g/mol. The first-order valence-corrected chi connectivity index (χ1v) is 11.8. The summed E-state index contributed by atoms with van der Waals surface area (Å²) in [5.74, 6) is 0. The molecule has 2 heteroatoms. The Balaban J connectivity index is 0.000000860. The average molecular weight is 425 g/mol. The normalized spacial score (nSPS) is 9.75. The molecule has 0 saturated heterocycles. The third-order valence-electron chi connectivity index (χ3n) is 5.00. The zero-order valence-electron chi connectivity index (χ0n) is 20.0. The predicted molar refractivity (Wildman–Crippen MR) is 138 cm³/mol. The summed E-state index contributed by atoms with van der Waals surface area (Å²) in [6.07, 6.45) is 7.88. The molecule has 0 radical (unpaired) electrons. The van der Waals surface area contributed by atoms with E-state index in [9.17, 15) is 0 Å². The maximum Gasteiger partial charge on any atom is 0.0888 e. The second-order valence-electron chi connectivity index (χ2n) is 7.07. The van der Waals surface area contributed by atoms with Crippen LogP contribution in [-0.4, -0.2) is 9.97 Å². The van der Waals surface area contributed by atoms with Crippen molar-refractivity contribution in [1.82, 2.24) is 9.97 Å². The van der Waals surface area contributed by atoms with Crippen molar-refractivity contribution in [2.24, 2.45) is 0 Å². The summed E-state index contributed by atoms with van der Waals surface area (Å²) in [5.41, 5.74) is 7.22. The summed E-state index contributed by atoms with van der Waals surface area (Å²) in [4.78, 5) is 9.12. The van der Waals surface area contributed by atoms with Crippen molar-refractivity contribution in [3.05, 3.63) is 120 Å². The highest BCUT2D eigenvalue weighted by molar-refractivity contribution is 5.55. The Bertz CT molecular complexity index is 926. The molecule has 0 saturated carbocycles. The minimum absolute atomic E-state index is 0.951. The predicted octanol–water partition coefficient (Wildman–Crippen LogP) is 7.77. The Morgan fingerprint density at radius 1 is 0.438 bits per heavy atom. The molecule has 4 rings (SSSR count). The summed E-state index contributed by atoms with van der Waals surface area (Å²) >= 11 is 0. The highest BCUT2D eigenvalue weighted by atomic mass is 14.8. The third-order valence-corrected chi connectivity index (χ3v) is 5.00. The zero-order chi connectivity index (χ0) is 23.0. The van der Waals surface area contributed by atoms with E-state index in [2.05, 4.69) is 94.9 Å². The van der Waals surface area contributed by atoms with Gasteiger partial charge in [-0.2, -0.15) is 0 Å². The SMILES string of the molecule is CC.CC.c1ccc(CCc2ccnc(-c3cc(CCc4ccccc4)ccn3)c2)cc1. The molecule has 0 aliphatic carbocycles. The fraction of sp³-hybridized carbons (Fsp3) is 0.267. The van der Waals surface area contributed by atoms with Crippen molar-refractivity contribution in [3.63, 3.8) is 0 Å². The molecule has 0 fully saturated rings. The Labute approximate surface area is 194 Å². The van der Waals surface area contributed by atoms with Crippen LogP contribution in [0.1, 0.15) is 49.9 Å². The van der Waals surface area contributed by atoms with Crippen LogP contribution in [0.15, 0.2) is 97.3 Å².